The van der Waals surface area contributed by atoms with Crippen LogP contribution in [0.1, 0.15) is 30.1 Å². The van der Waals surface area contributed by atoms with E-state index < -0.39 is 0 Å². The molecule has 2 aliphatic heterocycles. The molecule has 0 saturated carbocycles. The number of nitrogens with one attached hydrogen (secondary N) is 2. The molecule has 24 heavy (non-hydrogen) atoms. The molecule has 6 nitrogen and oxygen atoms in total. The van der Waals surface area contributed by atoms with Gasteiger partial charge in [0.25, 0.3) is 0 Å². The SMILES string of the molecule is COc1ccc2c(c1OC)C[C@@H](C1CCNCC1)O[C@H]2CNC=O. The van der Waals surface area contributed by atoms with Crippen molar-refractivity contribution in [3.05, 3.63) is 23.3 Å². The number of carbonyl (C=O) groups is 1. The molecule has 2 heterocycles. The molecule has 1 saturated heterocycles. The van der Waals surface area contributed by atoms with Gasteiger partial charge in [-0.15, -0.1) is 0 Å². The summed E-state index contributed by atoms with van der Waals surface area (Å²) in [4.78, 5) is 10.7. The standard InChI is InChI=1S/C18H26N2O4/c1-22-15-4-3-13-14(18(15)23-2)9-16(12-5-7-19-8-6-12)24-17(13)10-20-11-21/h3-4,11-12,16-17,19H,5-10H2,1-2H3,(H,20,21)/t16-,17-/m0/s1. The molecule has 0 radical (unpaired) electrons. The van der Waals surface area contributed by atoms with Crippen molar-refractivity contribution < 1.29 is 19.0 Å². The number of amides is 1. The Bertz CT molecular complexity index is 572. The Labute approximate surface area is 142 Å². The summed E-state index contributed by atoms with van der Waals surface area (Å²) in [7, 11) is 3.32. The highest BCUT2D eigenvalue weighted by molar-refractivity contribution is 5.53. The van der Waals surface area contributed by atoms with E-state index in [1.807, 2.05) is 12.1 Å². The van der Waals surface area contributed by atoms with Crippen molar-refractivity contribution in [2.75, 3.05) is 33.9 Å². The van der Waals surface area contributed by atoms with Gasteiger partial charge >= 0.3 is 0 Å². The average molecular weight is 334 g/mol. The maximum Gasteiger partial charge on any atom is 0.207 e. The van der Waals surface area contributed by atoms with Crippen molar-refractivity contribution in [1.82, 2.24) is 10.6 Å². The number of piperidine rings is 1. The molecule has 2 aliphatic rings. The third-order valence-electron chi connectivity index (χ3n) is 5.07. The molecule has 1 amide bonds. The highest BCUT2D eigenvalue weighted by Crippen LogP contribution is 2.43. The van der Waals surface area contributed by atoms with Gasteiger partial charge in [0.15, 0.2) is 11.5 Å². The third-order valence-corrected chi connectivity index (χ3v) is 5.07. The van der Waals surface area contributed by atoms with E-state index in [0.717, 1.165) is 61.4 Å². The molecule has 0 unspecified atom stereocenters. The average Bonchev–Trinajstić information content (AvgIpc) is 2.65. The summed E-state index contributed by atoms with van der Waals surface area (Å²) >= 11 is 0. The second kappa shape index (κ2) is 7.85. The fraction of sp³-hybridized carbons (Fsp3) is 0.611. The first-order valence-electron chi connectivity index (χ1n) is 8.55. The Kier molecular flexibility index (Phi) is 5.58. The van der Waals surface area contributed by atoms with Gasteiger partial charge in [-0.25, -0.2) is 0 Å². The number of ether oxygens (including phenoxy) is 3. The number of hydrogen-bond acceptors (Lipinski definition) is 5. The maximum absolute atomic E-state index is 10.7. The van der Waals surface area contributed by atoms with Crippen LogP contribution in [0.5, 0.6) is 11.5 Å². The molecule has 1 aromatic rings. The minimum absolute atomic E-state index is 0.138. The molecule has 0 aromatic heterocycles. The van der Waals surface area contributed by atoms with Crippen molar-refractivity contribution in [3.63, 3.8) is 0 Å². The Balaban J connectivity index is 1.93. The van der Waals surface area contributed by atoms with Crippen molar-refractivity contribution in [2.45, 2.75) is 31.5 Å². The van der Waals surface area contributed by atoms with Crippen LogP contribution in [-0.2, 0) is 16.0 Å². The van der Waals surface area contributed by atoms with Gasteiger partial charge in [0, 0.05) is 18.5 Å². The highest BCUT2D eigenvalue weighted by atomic mass is 16.5. The van der Waals surface area contributed by atoms with E-state index in [-0.39, 0.29) is 12.2 Å². The highest BCUT2D eigenvalue weighted by Gasteiger charge is 2.35. The largest absolute Gasteiger partial charge is 0.493 e. The fourth-order valence-electron chi connectivity index (χ4n) is 3.86. The molecule has 6 heteroatoms. The zero-order valence-corrected chi connectivity index (χ0v) is 14.3. The van der Waals surface area contributed by atoms with E-state index >= 15 is 0 Å². The van der Waals surface area contributed by atoms with Gasteiger partial charge in [0.2, 0.25) is 6.41 Å². The summed E-state index contributed by atoms with van der Waals surface area (Å²) in [6.45, 7) is 2.53. The van der Waals surface area contributed by atoms with Crippen LogP contribution in [0.3, 0.4) is 0 Å². The van der Waals surface area contributed by atoms with E-state index in [9.17, 15) is 4.79 Å². The van der Waals surface area contributed by atoms with Gasteiger partial charge < -0.3 is 24.8 Å². The molecule has 132 valence electrons. The van der Waals surface area contributed by atoms with Crippen LogP contribution < -0.4 is 20.1 Å². The lowest BCUT2D eigenvalue weighted by molar-refractivity contribution is -0.111. The summed E-state index contributed by atoms with van der Waals surface area (Å²) in [6, 6.07) is 3.92. The molecule has 2 atom stereocenters. The van der Waals surface area contributed by atoms with Crippen molar-refractivity contribution in [2.24, 2.45) is 5.92 Å². The molecule has 3 rings (SSSR count). The zero-order valence-electron chi connectivity index (χ0n) is 14.3. The fourth-order valence-corrected chi connectivity index (χ4v) is 3.86. The van der Waals surface area contributed by atoms with Gasteiger partial charge in [0.05, 0.1) is 20.3 Å². The van der Waals surface area contributed by atoms with Gasteiger partial charge in [0.1, 0.15) is 6.10 Å². The summed E-state index contributed by atoms with van der Waals surface area (Å²) in [5.74, 6) is 2.05. The Morgan fingerprint density at radius 2 is 2.08 bits per heavy atom. The van der Waals surface area contributed by atoms with E-state index in [2.05, 4.69) is 10.6 Å². The summed E-state index contributed by atoms with van der Waals surface area (Å²) in [5.41, 5.74) is 2.22. The van der Waals surface area contributed by atoms with Gasteiger partial charge in [-0.1, -0.05) is 6.07 Å². The van der Waals surface area contributed by atoms with Crippen molar-refractivity contribution in [3.8, 4) is 11.5 Å². The second-order valence-corrected chi connectivity index (χ2v) is 6.35. The van der Waals surface area contributed by atoms with Crippen LogP contribution in [-0.4, -0.2) is 46.4 Å². The van der Waals surface area contributed by atoms with E-state index in [1.54, 1.807) is 14.2 Å². The summed E-state index contributed by atoms with van der Waals surface area (Å²) in [6.07, 6.45) is 3.74. The molecule has 1 fully saturated rings. The van der Waals surface area contributed by atoms with Gasteiger partial charge in [-0.05, 0) is 43.5 Å². The number of benzene rings is 1. The number of hydrogen-bond donors (Lipinski definition) is 2. The number of fused-ring (bicyclic) bond motifs is 1. The smallest absolute Gasteiger partial charge is 0.207 e. The quantitative estimate of drug-likeness (QED) is 0.771. The minimum Gasteiger partial charge on any atom is -0.493 e. The Morgan fingerprint density at radius 3 is 2.75 bits per heavy atom. The van der Waals surface area contributed by atoms with Crippen LogP contribution in [0, 0.1) is 5.92 Å². The van der Waals surface area contributed by atoms with E-state index in [1.165, 1.54) is 0 Å². The van der Waals surface area contributed by atoms with Crippen LogP contribution in [0.25, 0.3) is 0 Å². The van der Waals surface area contributed by atoms with E-state index in [0.29, 0.717) is 12.5 Å². The lowest BCUT2D eigenvalue weighted by atomic mass is 9.83. The first kappa shape index (κ1) is 17.0. The molecule has 0 aliphatic carbocycles. The normalized spacial score (nSPS) is 24.1. The first-order valence-corrected chi connectivity index (χ1v) is 8.55. The lowest BCUT2D eigenvalue weighted by Crippen LogP contribution is -2.41. The van der Waals surface area contributed by atoms with Crippen molar-refractivity contribution >= 4 is 6.41 Å². The monoisotopic (exact) mass is 334 g/mol. The minimum atomic E-state index is -0.154. The molecule has 0 spiro atoms. The number of methoxy groups -OCH3 is 2. The molecule has 2 N–H and O–H groups in total. The van der Waals surface area contributed by atoms with Crippen LogP contribution in [0.4, 0.5) is 0 Å². The zero-order chi connectivity index (χ0) is 16.9. The summed E-state index contributed by atoms with van der Waals surface area (Å²) < 4.78 is 17.5. The number of rotatable bonds is 6. The Hall–Kier alpha value is -1.79. The van der Waals surface area contributed by atoms with Gasteiger partial charge in [-0.2, -0.15) is 0 Å². The van der Waals surface area contributed by atoms with Crippen LogP contribution in [0.15, 0.2) is 12.1 Å². The van der Waals surface area contributed by atoms with Crippen LogP contribution >= 0.6 is 0 Å². The lowest BCUT2D eigenvalue weighted by Gasteiger charge is -2.38. The topological polar surface area (TPSA) is 68.8 Å². The van der Waals surface area contributed by atoms with Crippen LogP contribution in [0.2, 0.25) is 0 Å². The second-order valence-electron chi connectivity index (χ2n) is 6.35. The van der Waals surface area contributed by atoms with E-state index in [4.69, 9.17) is 14.2 Å². The maximum atomic E-state index is 10.7. The molecule has 0 bridgehead atoms. The predicted octanol–water partition coefficient (Wildman–Crippen LogP) is 1.43. The Morgan fingerprint density at radius 1 is 1.29 bits per heavy atom. The van der Waals surface area contributed by atoms with Gasteiger partial charge in [-0.3, -0.25) is 4.79 Å². The van der Waals surface area contributed by atoms with Crippen molar-refractivity contribution in [1.29, 1.82) is 0 Å². The first-order chi connectivity index (χ1) is 11.8. The molecular formula is C18H26N2O4. The molecular weight excluding hydrogens is 308 g/mol. The summed E-state index contributed by atoms with van der Waals surface area (Å²) in [5, 5.41) is 6.16. The molecule has 1 aromatic carbocycles. The number of carbonyl (C=O) groups excluding carboxylic acids is 1. The predicted molar refractivity (Wildman–Crippen MR) is 90.5 cm³/mol. The third kappa shape index (κ3) is 3.35.